The minimum Gasteiger partial charge on any atom is -0.508 e. The summed E-state index contributed by atoms with van der Waals surface area (Å²) in [6.45, 7) is 9.62. The minimum absolute atomic E-state index is 0.0628. The molecule has 2 fully saturated rings. The summed E-state index contributed by atoms with van der Waals surface area (Å²) in [6, 6.07) is 18.9. The van der Waals surface area contributed by atoms with Crippen LogP contribution in [0.5, 0.6) is 5.75 Å². The molecular weight excluding hydrogens is 1000 g/mol. The smallest absolute Gasteiger partial charge is 0.243 e. The molecule has 0 radical (unpaired) electrons. The lowest BCUT2D eigenvalue weighted by Gasteiger charge is -2.56. The van der Waals surface area contributed by atoms with Gasteiger partial charge in [0.25, 0.3) is 0 Å². The zero-order chi connectivity index (χ0) is 56.8. The Morgan fingerprint density at radius 2 is 1.68 bits per heavy atom. The number of Topliss-reactive ketones (excluding diaryl/α,β-unsaturated/α-hetero) is 1. The van der Waals surface area contributed by atoms with Crippen molar-refractivity contribution in [1.29, 1.82) is 0 Å². The van der Waals surface area contributed by atoms with Crippen molar-refractivity contribution in [2.75, 3.05) is 26.3 Å². The van der Waals surface area contributed by atoms with Gasteiger partial charge in [0, 0.05) is 55.2 Å². The molecule has 79 heavy (non-hydrogen) atoms. The number of nitrogens with zero attached hydrogens (tertiary/aromatic N) is 1. The van der Waals surface area contributed by atoms with Gasteiger partial charge in [-0.2, -0.15) is 0 Å². The molecule has 3 aliphatic heterocycles. The lowest BCUT2D eigenvalue weighted by atomic mass is 9.52. The molecule has 0 unspecified atom stereocenters. The van der Waals surface area contributed by atoms with Crippen LogP contribution >= 0.6 is 0 Å². The van der Waals surface area contributed by atoms with Crippen LogP contribution in [0.25, 0.3) is 0 Å². The Bertz CT molecular complexity index is 2960. The molecule has 15 N–H and O–H groups in total. The van der Waals surface area contributed by atoms with Crippen LogP contribution in [-0.4, -0.2) is 109 Å². The number of carbonyl (C=O) groups excluding carboxylic acids is 2. The summed E-state index contributed by atoms with van der Waals surface area (Å²) in [6.07, 6.45) is 5.55. The summed E-state index contributed by atoms with van der Waals surface area (Å²) in [5, 5.41) is 88.9. The Morgan fingerprint density at radius 1 is 0.949 bits per heavy atom. The Kier molecular flexibility index (Phi) is 18.7. The largest absolute Gasteiger partial charge is 0.508 e. The number of phenolic OH excluding ortho intramolecular Hbond substituents is 1. The second-order valence-corrected chi connectivity index (χ2v) is 22.8. The van der Waals surface area contributed by atoms with Crippen LogP contribution in [-0.2, 0) is 33.6 Å². The SMILES string of the molecule is C=C1/C=C/C=C(\[C@H]2CC[C@@]3([C@@H]4CC[C@H](O)Cc5cccc(c5)C[C@H]([C@H](CN=C(N)N)c5ccc(O)cc5)[C@H](O)CN[C@H]5C(=O)N[C@H](N)c6cccc(c65)CC(=O)C(C)=C4CC[C@@]3(C)O)[C@@H]2O)COCC#CC/C(C)=C/CC1(O)O. The number of carbonyl (C=O) groups is 2. The number of allylic oxidation sites excluding steroid dienone is 5. The minimum atomic E-state index is -2.21. The maximum Gasteiger partial charge on any atom is 0.243 e. The number of hydrogen-bond donors (Lipinski definition) is 12. The Morgan fingerprint density at radius 3 is 2.43 bits per heavy atom. The molecule has 16 nitrogen and oxygen atoms in total. The van der Waals surface area contributed by atoms with E-state index in [1.54, 1.807) is 62.4 Å². The average molecular weight is 1080 g/mol. The Balaban J connectivity index is 1.21. The number of guanidine groups is 1. The van der Waals surface area contributed by atoms with E-state index >= 15 is 4.79 Å². The van der Waals surface area contributed by atoms with Crippen molar-refractivity contribution in [1.82, 2.24) is 10.6 Å². The third kappa shape index (κ3) is 13.2. The fourth-order valence-corrected chi connectivity index (χ4v) is 13.2. The molecule has 8 rings (SSSR count). The lowest BCUT2D eigenvalue weighted by molar-refractivity contribution is -0.168. The number of β-amino-alcohol motifs (C(OH)–C–C–N with tert-alkyl or cyclic N) is 1. The van der Waals surface area contributed by atoms with Gasteiger partial charge in [0.05, 0.1) is 30.5 Å². The topological polar surface area (TPSA) is 299 Å². The van der Waals surface area contributed by atoms with E-state index in [-0.39, 0.29) is 81.5 Å². The monoisotopic (exact) mass is 1080 g/mol. The van der Waals surface area contributed by atoms with Crippen molar-refractivity contribution < 1.29 is 50.1 Å². The highest BCUT2D eigenvalue weighted by Crippen LogP contribution is 2.63. The first-order chi connectivity index (χ1) is 37.6. The number of nitrogens with one attached hydrogen (secondary N) is 2. The van der Waals surface area contributed by atoms with E-state index in [0.717, 1.165) is 27.8 Å². The standard InChI is InChI=1S/C63H80N6O10/c1-37-10-5-6-29-79-36-44(15-7-11-38(2)63(77,78)28-23-37)48-25-27-62(57(48)74)52-22-21-46(71)31-40-12-8-13-41(30-40)32-50(51(34-68-60(65)66)42-17-19-45(70)20-18-42)54(73)35-67-56-55-43(14-9-16-49(55)58(64)69-59(56)75)33-53(72)39(3)47(52)24-26-61(62,4)76/h7-9,11-20,23,30,46,48,50-52,54,56-58,67,70-71,73-74,76-78H,2,10,21-22,24-29,31-36,64H2,1,3-4H3,(H,69,75)(H4,65,66,68)/b11-7+,37-23+,44-15-,47-39?/t46-,48+,50+,51+,52+,54+,56+,57+,58-,61+,62+/m0/s1. The second kappa shape index (κ2) is 25.1. The van der Waals surface area contributed by atoms with Crippen LogP contribution in [0, 0.1) is 35.0 Å². The number of aliphatic imine (C=N–C) groups is 1. The van der Waals surface area contributed by atoms with Crippen LogP contribution in [0.1, 0.15) is 124 Å². The van der Waals surface area contributed by atoms with Crippen molar-refractivity contribution in [2.45, 2.75) is 139 Å². The number of aliphatic hydroxyl groups is 6. The number of benzene rings is 3. The van der Waals surface area contributed by atoms with Gasteiger partial charge in [-0.25, -0.2) is 0 Å². The number of amides is 1. The second-order valence-electron chi connectivity index (χ2n) is 22.8. The lowest BCUT2D eigenvalue weighted by Crippen LogP contribution is -2.59. The molecule has 3 aromatic carbocycles. The fraction of sp³-hybridized carbons (Fsp3) is 0.476. The number of ether oxygens (including phenoxy) is 1. The first kappa shape index (κ1) is 58.9. The molecule has 2 aliphatic carbocycles. The summed E-state index contributed by atoms with van der Waals surface area (Å²) in [5.41, 5.74) is 22.9. The average Bonchev–Trinajstić information content (AvgIpc) is 3.99. The predicted octanol–water partition coefficient (Wildman–Crippen LogP) is 4.91. The van der Waals surface area contributed by atoms with Gasteiger partial charge in [-0.15, -0.1) is 0 Å². The molecule has 0 saturated heterocycles. The zero-order valence-corrected chi connectivity index (χ0v) is 45.7. The molecule has 422 valence electrons. The van der Waals surface area contributed by atoms with E-state index in [1.807, 2.05) is 43.3 Å². The zero-order valence-electron chi connectivity index (χ0n) is 45.7. The highest BCUT2D eigenvalue weighted by Gasteiger charge is 2.64. The highest BCUT2D eigenvalue weighted by atomic mass is 16.5. The van der Waals surface area contributed by atoms with E-state index in [1.165, 1.54) is 6.08 Å². The van der Waals surface area contributed by atoms with Crippen LogP contribution in [0.2, 0.25) is 0 Å². The van der Waals surface area contributed by atoms with E-state index in [4.69, 9.17) is 21.9 Å². The van der Waals surface area contributed by atoms with Gasteiger partial charge < -0.3 is 63.0 Å². The molecule has 0 aromatic heterocycles. The molecule has 2 bridgehead atoms. The summed E-state index contributed by atoms with van der Waals surface area (Å²) < 4.78 is 6.14. The van der Waals surface area contributed by atoms with Crippen LogP contribution in [0.15, 0.2) is 130 Å². The first-order valence-corrected chi connectivity index (χ1v) is 27.6. The number of phenols is 1. The molecule has 1 spiro atoms. The maximum atomic E-state index is 15.1. The van der Waals surface area contributed by atoms with Gasteiger partial charge in [-0.1, -0.05) is 108 Å². The van der Waals surface area contributed by atoms with Gasteiger partial charge in [-0.05, 0) is 141 Å². The molecule has 2 saturated carbocycles. The summed E-state index contributed by atoms with van der Waals surface area (Å²) in [7, 11) is 0. The van der Waals surface area contributed by atoms with Crippen molar-refractivity contribution >= 4 is 17.6 Å². The summed E-state index contributed by atoms with van der Waals surface area (Å²) >= 11 is 0. The Labute approximate surface area is 464 Å². The molecule has 5 aliphatic rings. The van der Waals surface area contributed by atoms with Crippen LogP contribution in [0.4, 0.5) is 0 Å². The number of aromatic hydroxyl groups is 1. The fourth-order valence-electron chi connectivity index (χ4n) is 13.2. The summed E-state index contributed by atoms with van der Waals surface area (Å²) in [4.78, 5) is 33.7. The van der Waals surface area contributed by atoms with Crippen LogP contribution in [0.3, 0.4) is 0 Å². The highest BCUT2D eigenvalue weighted by molar-refractivity contribution is 5.98. The number of hydrogen-bond acceptors (Lipinski definition) is 13. The van der Waals surface area contributed by atoms with Gasteiger partial charge in [0.15, 0.2) is 17.5 Å². The molecule has 1 amide bonds. The predicted molar refractivity (Wildman–Crippen MR) is 303 cm³/mol. The van der Waals surface area contributed by atoms with Crippen molar-refractivity contribution in [3.05, 3.63) is 159 Å². The normalized spacial score (nSPS) is 32.4. The molecule has 11 atom stereocenters. The number of ketones is 1. The number of rotatable bonds is 5. The van der Waals surface area contributed by atoms with E-state index < -0.39 is 76.9 Å². The van der Waals surface area contributed by atoms with Gasteiger partial charge in [0.1, 0.15) is 24.6 Å². The van der Waals surface area contributed by atoms with Crippen molar-refractivity contribution in [2.24, 2.45) is 45.4 Å². The third-order valence-electron chi connectivity index (χ3n) is 17.7. The van der Waals surface area contributed by atoms with Crippen molar-refractivity contribution in [3.63, 3.8) is 0 Å². The maximum absolute atomic E-state index is 15.1. The number of fused-ring (bicyclic) bond motifs is 4. The third-order valence-corrected chi connectivity index (χ3v) is 17.7. The summed E-state index contributed by atoms with van der Waals surface area (Å²) in [5.74, 6) is 1.06. The van der Waals surface area contributed by atoms with Crippen molar-refractivity contribution in [3.8, 4) is 17.6 Å². The molecule has 3 heterocycles. The number of nitrogens with two attached hydrogens (primary N) is 3. The quantitative estimate of drug-likeness (QED) is 0.0532. The molecule has 3 aromatic rings. The van der Waals surface area contributed by atoms with Gasteiger partial charge in [-0.3, -0.25) is 19.9 Å². The molecular formula is C63H80N6O10. The van der Waals surface area contributed by atoms with E-state index in [9.17, 15) is 40.5 Å². The van der Waals surface area contributed by atoms with E-state index in [2.05, 4.69) is 34.0 Å². The van der Waals surface area contributed by atoms with Gasteiger partial charge in [0.2, 0.25) is 5.91 Å². The first-order valence-electron chi connectivity index (χ1n) is 27.6. The Hall–Kier alpha value is -6.23. The van der Waals surface area contributed by atoms with Gasteiger partial charge >= 0.3 is 0 Å². The number of aliphatic hydroxyl groups excluding tert-OH is 3. The van der Waals surface area contributed by atoms with Crippen LogP contribution < -0.4 is 27.8 Å². The van der Waals surface area contributed by atoms with E-state index in [0.29, 0.717) is 66.4 Å². The molecule has 16 heteroatoms.